The first-order chi connectivity index (χ1) is 47.1. The molecular formula is C79H154O17P2. The van der Waals surface area contributed by atoms with Gasteiger partial charge in [-0.25, -0.2) is 9.13 Å². The average molecular weight is 1440 g/mol. The Morgan fingerprint density at radius 2 is 0.490 bits per heavy atom. The molecule has 582 valence electrons. The Morgan fingerprint density at radius 3 is 0.724 bits per heavy atom. The minimum Gasteiger partial charge on any atom is -0.462 e. The van der Waals surface area contributed by atoms with E-state index in [-0.39, 0.29) is 25.7 Å². The molecule has 0 saturated carbocycles. The number of hydrogen-bond donors (Lipinski definition) is 3. The van der Waals surface area contributed by atoms with Crippen LogP contribution in [-0.4, -0.2) is 96.7 Å². The maximum atomic E-state index is 13.1. The number of rotatable bonds is 76. The minimum atomic E-state index is -4.96. The van der Waals surface area contributed by atoms with Crippen LogP contribution in [0.5, 0.6) is 0 Å². The van der Waals surface area contributed by atoms with Crippen molar-refractivity contribution in [3.63, 3.8) is 0 Å². The Labute approximate surface area is 600 Å². The van der Waals surface area contributed by atoms with Gasteiger partial charge in [0.25, 0.3) is 0 Å². The van der Waals surface area contributed by atoms with Crippen molar-refractivity contribution in [2.45, 2.75) is 420 Å². The zero-order valence-electron chi connectivity index (χ0n) is 64.4. The molecule has 0 aliphatic rings. The van der Waals surface area contributed by atoms with Crippen molar-refractivity contribution < 1.29 is 80.2 Å². The zero-order valence-corrected chi connectivity index (χ0v) is 66.2. The molecule has 0 spiro atoms. The lowest BCUT2D eigenvalue weighted by Gasteiger charge is -2.21. The van der Waals surface area contributed by atoms with E-state index in [2.05, 4.69) is 55.4 Å². The van der Waals surface area contributed by atoms with Crippen LogP contribution in [0.4, 0.5) is 0 Å². The van der Waals surface area contributed by atoms with Gasteiger partial charge in [0.1, 0.15) is 19.3 Å². The van der Waals surface area contributed by atoms with E-state index in [4.69, 9.17) is 37.0 Å². The normalized spacial score (nSPS) is 14.3. The van der Waals surface area contributed by atoms with Gasteiger partial charge in [-0.15, -0.1) is 0 Å². The highest BCUT2D eigenvalue weighted by Crippen LogP contribution is 2.45. The van der Waals surface area contributed by atoms with Gasteiger partial charge in [-0.3, -0.25) is 37.3 Å². The molecule has 0 heterocycles. The van der Waals surface area contributed by atoms with E-state index in [1.165, 1.54) is 199 Å². The van der Waals surface area contributed by atoms with Crippen LogP contribution in [-0.2, 0) is 65.4 Å². The van der Waals surface area contributed by atoms with Gasteiger partial charge in [0.2, 0.25) is 0 Å². The number of aliphatic hydroxyl groups is 1. The maximum Gasteiger partial charge on any atom is 0.472 e. The third-order valence-electron chi connectivity index (χ3n) is 18.7. The van der Waals surface area contributed by atoms with Crippen molar-refractivity contribution in [3.8, 4) is 0 Å². The predicted octanol–water partition coefficient (Wildman–Crippen LogP) is 23.2. The first-order valence-corrected chi connectivity index (χ1v) is 43.7. The predicted molar refractivity (Wildman–Crippen MR) is 400 cm³/mol. The number of phosphoric ester groups is 2. The van der Waals surface area contributed by atoms with Crippen LogP contribution in [0.2, 0.25) is 0 Å². The molecule has 0 amide bonds. The summed E-state index contributed by atoms with van der Waals surface area (Å²) in [5, 5.41) is 10.6. The average Bonchev–Trinajstić information content (AvgIpc) is 1.03. The smallest absolute Gasteiger partial charge is 0.462 e. The summed E-state index contributed by atoms with van der Waals surface area (Å²) in [6, 6.07) is 0. The molecule has 0 aromatic heterocycles. The van der Waals surface area contributed by atoms with Gasteiger partial charge in [0.15, 0.2) is 12.2 Å². The second kappa shape index (κ2) is 68.2. The van der Waals surface area contributed by atoms with E-state index in [1.807, 2.05) is 0 Å². The van der Waals surface area contributed by atoms with Gasteiger partial charge < -0.3 is 33.8 Å². The largest absolute Gasteiger partial charge is 0.472 e. The Bertz CT molecular complexity index is 1920. The molecule has 0 bridgehead atoms. The summed E-state index contributed by atoms with van der Waals surface area (Å²) < 4.78 is 68.6. The van der Waals surface area contributed by atoms with Crippen molar-refractivity contribution in [3.05, 3.63) is 0 Å². The third-order valence-corrected chi connectivity index (χ3v) is 20.6. The van der Waals surface area contributed by atoms with E-state index < -0.39 is 97.5 Å². The van der Waals surface area contributed by atoms with Crippen molar-refractivity contribution in [1.29, 1.82) is 0 Å². The van der Waals surface area contributed by atoms with Crippen LogP contribution in [0.3, 0.4) is 0 Å². The van der Waals surface area contributed by atoms with Gasteiger partial charge in [0, 0.05) is 25.7 Å². The van der Waals surface area contributed by atoms with Crippen LogP contribution in [0.15, 0.2) is 0 Å². The van der Waals surface area contributed by atoms with Gasteiger partial charge in [-0.1, -0.05) is 351 Å². The molecular weight excluding hydrogens is 1280 g/mol. The topological polar surface area (TPSA) is 237 Å². The van der Waals surface area contributed by atoms with Gasteiger partial charge >= 0.3 is 39.5 Å². The van der Waals surface area contributed by atoms with Crippen molar-refractivity contribution >= 4 is 39.5 Å². The Morgan fingerprint density at radius 1 is 0.286 bits per heavy atom. The molecule has 3 N–H and O–H groups in total. The number of phosphoric acid groups is 2. The van der Waals surface area contributed by atoms with Crippen LogP contribution in [0, 0.1) is 23.7 Å². The van der Waals surface area contributed by atoms with Gasteiger partial charge in [-0.05, 0) is 49.4 Å². The minimum absolute atomic E-state index is 0.105. The van der Waals surface area contributed by atoms with Crippen LogP contribution in [0.1, 0.15) is 402 Å². The molecule has 0 fully saturated rings. The summed E-state index contributed by atoms with van der Waals surface area (Å²) in [7, 11) is -9.92. The number of hydrogen-bond acceptors (Lipinski definition) is 15. The summed E-state index contributed by atoms with van der Waals surface area (Å²) >= 11 is 0. The maximum absolute atomic E-state index is 13.1. The number of unbranched alkanes of at least 4 members (excludes halogenated alkanes) is 41. The van der Waals surface area contributed by atoms with E-state index in [0.717, 1.165) is 120 Å². The molecule has 19 heteroatoms. The first kappa shape index (κ1) is 96.1. The van der Waals surface area contributed by atoms with Crippen molar-refractivity contribution in [2.75, 3.05) is 39.6 Å². The molecule has 0 aromatic carbocycles. The van der Waals surface area contributed by atoms with E-state index >= 15 is 0 Å². The monoisotopic (exact) mass is 1440 g/mol. The van der Waals surface area contributed by atoms with Gasteiger partial charge in [0.05, 0.1) is 26.4 Å². The Balaban J connectivity index is 5.20. The molecule has 0 aromatic rings. The molecule has 0 aliphatic heterocycles. The molecule has 0 saturated heterocycles. The van der Waals surface area contributed by atoms with Crippen molar-refractivity contribution in [2.24, 2.45) is 23.7 Å². The lowest BCUT2D eigenvalue weighted by Crippen LogP contribution is -2.30. The summed E-state index contributed by atoms with van der Waals surface area (Å²) in [5.74, 6) is 0.956. The fraction of sp³-hybridized carbons (Fsp3) is 0.949. The first-order valence-electron chi connectivity index (χ1n) is 40.7. The standard InChI is InChI=1S/C79H154O17P2/c1-9-72(8)58-50-42-37-38-44-52-60-77(82)90-66-75(96-78(83)61-53-45-35-29-23-19-15-14-17-21-26-32-40-48-56-70(4)5)68-94-98(87,88)92-64-73(80)63-91-97(85,86)93-67-74(95-79(84)62-54-46-36-30-24-27-33-41-49-57-71(6)7)65-89-76(81)59-51-43-34-28-22-18-13-11-10-12-16-20-25-31-39-47-55-69(2)3/h69-75,80H,9-68H2,1-8H3,(H,85,86)(H,87,88)/t72?,73-,74-,75-/m1/s1. The SMILES string of the molecule is CCC(C)CCCCCCCCC(=O)OC[C@H](COP(=O)(O)OC[C@H](O)COP(=O)(O)OC[C@@H](COC(=O)CCCCCCCCCCCCCCCCCCC(C)C)OC(=O)CCCCCCCCCCCC(C)C)OC(=O)CCCCCCCCCCCCCCCCC(C)C. The summed E-state index contributed by atoms with van der Waals surface area (Å²) in [5.41, 5.74) is 0. The van der Waals surface area contributed by atoms with Crippen LogP contribution in [0.25, 0.3) is 0 Å². The fourth-order valence-corrected chi connectivity index (χ4v) is 13.6. The molecule has 17 nitrogen and oxygen atoms in total. The molecule has 6 atom stereocenters. The summed E-state index contributed by atoms with van der Waals surface area (Å²) in [4.78, 5) is 72.9. The van der Waals surface area contributed by atoms with E-state index in [0.29, 0.717) is 25.7 Å². The molecule has 0 radical (unpaired) electrons. The lowest BCUT2D eigenvalue weighted by molar-refractivity contribution is -0.161. The quantitative estimate of drug-likeness (QED) is 0.0222. The zero-order chi connectivity index (χ0) is 72.4. The second-order valence-electron chi connectivity index (χ2n) is 30.1. The molecule has 3 unspecified atom stereocenters. The Kier molecular flexibility index (Phi) is 66.8. The van der Waals surface area contributed by atoms with E-state index in [1.54, 1.807) is 0 Å². The van der Waals surface area contributed by atoms with Crippen LogP contribution >= 0.6 is 15.6 Å². The molecule has 98 heavy (non-hydrogen) atoms. The number of aliphatic hydroxyl groups excluding tert-OH is 1. The number of ether oxygens (including phenoxy) is 4. The van der Waals surface area contributed by atoms with Crippen molar-refractivity contribution in [1.82, 2.24) is 0 Å². The van der Waals surface area contributed by atoms with Crippen LogP contribution < -0.4 is 0 Å². The lowest BCUT2D eigenvalue weighted by atomic mass is 10.00. The number of carbonyl (C=O) groups excluding carboxylic acids is 4. The highest BCUT2D eigenvalue weighted by atomic mass is 31.2. The molecule has 0 rings (SSSR count). The summed E-state index contributed by atoms with van der Waals surface area (Å²) in [6.45, 7) is 14.2. The molecule has 0 aliphatic carbocycles. The number of carbonyl (C=O) groups is 4. The Hall–Kier alpha value is -1.94. The number of esters is 4. The van der Waals surface area contributed by atoms with E-state index in [9.17, 15) is 43.2 Å². The second-order valence-corrected chi connectivity index (χ2v) is 33.0. The third kappa shape index (κ3) is 71.1. The fourth-order valence-electron chi connectivity index (χ4n) is 12.0. The highest BCUT2D eigenvalue weighted by molar-refractivity contribution is 7.47. The highest BCUT2D eigenvalue weighted by Gasteiger charge is 2.30. The van der Waals surface area contributed by atoms with Gasteiger partial charge in [-0.2, -0.15) is 0 Å². The summed E-state index contributed by atoms with van der Waals surface area (Å²) in [6.07, 6.45) is 54.2.